The molecule has 0 radical (unpaired) electrons. The van der Waals surface area contributed by atoms with E-state index in [1.54, 1.807) is 0 Å². The summed E-state index contributed by atoms with van der Waals surface area (Å²) < 4.78 is 70.5. The fourth-order valence-corrected chi connectivity index (χ4v) is 3.24. The predicted molar refractivity (Wildman–Crippen MR) is 89.5 cm³/mol. The van der Waals surface area contributed by atoms with Gasteiger partial charge in [0, 0.05) is 0 Å². The van der Waals surface area contributed by atoms with Gasteiger partial charge >= 0.3 is 6.18 Å². The van der Waals surface area contributed by atoms with Gasteiger partial charge in [0.2, 0.25) is 0 Å². The molecule has 0 heterocycles. The summed E-state index contributed by atoms with van der Waals surface area (Å²) in [5.41, 5.74) is -1.35. The molecule has 0 aromatic heterocycles. The molecule has 0 unspecified atom stereocenters. The van der Waals surface area contributed by atoms with E-state index < -0.39 is 21.8 Å². The SMILES string of the molecule is CC(C)Oc1ccc(S(=O)(=O)Nc2cc(C(F)(F)F)ccc2Cl)cc1. The van der Waals surface area contributed by atoms with Crippen LogP contribution in [0.3, 0.4) is 0 Å². The second-order valence-corrected chi connectivity index (χ2v) is 7.53. The molecule has 0 aliphatic carbocycles. The lowest BCUT2D eigenvalue weighted by Gasteiger charge is -2.14. The summed E-state index contributed by atoms with van der Waals surface area (Å²) in [6, 6.07) is 7.92. The molecule has 0 atom stereocenters. The van der Waals surface area contributed by atoms with Crippen LogP contribution in [0, 0.1) is 0 Å². The van der Waals surface area contributed by atoms with Crippen LogP contribution in [0.25, 0.3) is 0 Å². The molecule has 0 amide bonds. The van der Waals surface area contributed by atoms with Gasteiger partial charge < -0.3 is 4.74 Å². The number of sulfonamides is 1. The van der Waals surface area contributed by atoms with Crippen LogP contribution >= 0.6 is 11.6 Å². The summed E-state index contributed by atoms with van der Waals surface area (Å²) in [7, 11) is -4.10. The minimum Gasteiger partial charge on any atom is -0.491 e. The number of benzene rings is 2. The highest BCUT2D eigenvalue weighted by molar-refractivity contribution is 7.92. The van der Waals surface area contributed by atoms with Crippen molar-refractivity contribution >= 4 is 27.3 Å². The third-order valence-electron chi connectivity index (χ3n) is 3.04. The Hall–Kier alpha value is -1.93. The van der Waals surface area contributed by atoms with Gasteiger partial charge in [0.05, 0.1) is 27.3 Å². The maximum atomic E-state index is 12.8. The molecular weight excluding hydrogens is 379 g/mol. The monoisotopic (exact) mass is 393 g/mol. The van der Waals surface area contributed by atoms with Crippen LogP contribution in [0.2, 0.25) is 5.02 Å². The van der Waals surface area contributed by atoms with Gasteiger partial charge in [0.15, 0.2) is 0 Å². The number of alkyl halides is 3. The highest BCUT2D eigenvalue weighted by atomic mass is 35.5. The van der Waals surface area contributed by atoms with Crippen molar-refractivity contribution in [3.05, 3.63) is 53.1 Å². The van der Waals surface area contributed by atoms with Gasteiger partial charge in [-0.25, -0.2) is 8.42 Å². The third kappa shape index (κ3) is 5.02. The smallest absolute Gasteiger partial charge is 0.416 e. The van der Waals surface area contributed by atoms with Crippen LogP contribution in [0.15, 0.2) is 47.4 Å². The van der Waals surface area contributed by atoms with E-state index in [1.807, 2.05) is 13.8 Å². The molecule has 0 saturated heterocycles. The molecule has 0 saturated carbocycles. The molecule has 2 aromatic rings. The number of hydrogen-bond donors (Lipinski definition) is 1. The van der Waals surface area contributed by atoms with Crippen molar-refractivity contribution < 1.29 is 26.3 Å². The minimum absolute atomic E-state index is 0.0792. The second kappa shape index (κ2) is 7.13. The lowest BCUT2D eigenvalue weighted by molar-refractivity contribution is -0.137. The second-order valence-electron chi connectivity index (χ2n) is 5.44. The van der Waals surface area contributed by atoms with Crippen molar-refractivity contribution in [1.82, 2.24) is 0 Å². The van der Waals surface area contributed by atoms with Gasteiger partial charge in [-0.3, -0.25) is 4.72 Å². The molecule has 25 heavy (non-hydrogen) atoms. The summed E-state index contributed by atoms with van der Waals surface area (Å²) in [5.74, 6) is 0.478. The van der Waals surface area contributed by atoms with Crippen molar-refractivity contribution in [2.75, 3.05) is 4.72 Å². The van der Waals surface area contributed by atoms with Gasteiger partial charge in [0.1, 0.15) is 5.75 Å². The molecule has 0 fully saturated rings. The third-order valence-corrected chi connectivity index (χ3v) is 4.75. The average Bonchev–Trinajstić information content (AvgIpc) is 2.48. The lowest BCUT2D eigenvalue weighted by atomic mass is 10.2. The van der Waals surface area contributed by atoms with Crippen molar-refractivity contribution in [2.24, 2.45) is 0 Å². The molecule has 0 aliphatic heterocycles. The summed E-state index contributed by atoms with van der Waals surface area (Å²) >= 11 is 5.81. The number of anilines is 1. The first-order chi connectivity index (χ1) is 11.5. The minimum atomic E-state index is -4.61. The molecule has 9 heteroatoms. The van der Waals surface area contributed by atoms with E-state index in [9.17, 15) is 21.6 Å². The molecular formula is C16H15ClF3NO3S. The molecule has 0 bridgehead atoms. The molecule has 0 aliphatic rings. The highest BCUT2D eigenvalue weighted by Crippen LogP contribution is 2.34. The van der Waals surface area contributed by atoms with E-state index >= 15 is 0 Å². The largest absolute Gasteiger partial charge is 0.491 e. The number of rotatable bonds is 5. The van der Waals surface area contributed by atoms with Gasteiger partial charge in [-0.2, -0.15) is 13.2 Å². The van der Waals surface area contributed by atoms with Crippen LogP contribution in [0.4, 0.5) is 18.9 Å². The topological polar surface area (TPSA) is 55.4 Å². The number of nitrogens with one attached hydrogen (secondary N) is 1. The summed E-state index contributed by atoms with van der Waals surface area (Å²) in [6.45, 7) is 3.64. The van der Waals surface area contributed by atoms with E-state index in [-0.39, 0.29) is 21.7 Å². The summed E-state index contributed by atoms with van der Waals surface area (Å²) in [4.78, 5) is -0.128. The predicted octanol–water partition coefficient (Wildman–Crippen LogP) is 4.95. The Morgan fingerprint density at radius 1 is 1.08 bits per heavy atom. The van der Waals surface area contributed by atoms with E-state index in [4.69, 9.17) is 16.3 Å². The van der Waals surface area contributed by atoms with E-state index in [0.717, 1.165) is 12.1 Å². The van der Waals surface area contributed by atoms with Gasteiger partial charge in [0.25, 0.3) is 10.0 Å². The molecule has 0 spiro atoms. The molecule has 2 aromatic carbocycles. The zero-order chi connectivity index (χ0) is 18.8. The standard InChI is InChI=1S/C16H15ClF3NO3S/c1-10(2)24-12-4-6-13(7-5-12)25(22,23)21-15-9-11(16(18,19)20)3-8-14(15)17/h3-10,21H,1-2H3. The van der Waals surface area contributed by atoms with E-state index in [2.05, 4.69) is 4.72 Å². The van der Waals surface area contributed by atoms with Crippen LogP contribution < -0.4 is 9.46 Å². The first-order valence-corrected chi connectivity index (χ1v) is 9.01. The van der Waals surface area contributed by atoms with E-state index in [0.29, 0.717) is 11.8 Å². The Labute approximate surface area is 148 Å². The Morgan fingerprint density at radius 2 is 1.68 bits per heavy atom. The Morgan fingerprint density at radius 3 is 2.20 bits per heavy atom. The quantitative estimate of drug-likeness (QED) is 0.782. The van der Waals surface area contributed by atoms with Crippen LogP contribution in [0.1, 0.15) is 19.4 Å². The maximum absolute atomic E-state index is 12.8. The fourth-order valence-electron chi connectivity index (χ4n) is 1.95. The Bertz CT molecular complexity index is 850. The van der Waals surface area contributed by atoms with Gasteiger partial charge in [-0.15, -0.1) is 0 Å². The zero-order valence-corrected chi connectivity index (χ0v) is 14.8. The van der Waals surface area contributed by atoms with Crippen molar-refractivity contribution in [2.45, 2.75) is 31.0 Å². The zero-order valence-electron chi connectivity index (χ0n) is 13.3. The summed E-state index contributed by atoms with van der Waals surface area (Å²) in [5, 5.41) is -0.142. The fraction of sp³-hybridized carbons (Fsp3) is 0.250. The molecule has 4 nitrogen and oxygen atoms in total. The van der Waals surface area contributed by atoms with Crippen molar-refractivity contribution in [3.63, 3.8) is 0 Å². The van der Waals surface area contributed by atoms with Gasteiger partial charge in [-0.1, -0.05) is 11.6 Å². The van der Waals surface area contributed by atoms with Crippen LogP contribution in [-0.4, -0.2) is 14.5 Å². The highest BCUT2D eigenvalue weighted by Gasteiger charge is 2.31. The first-order valence-electron chi connectivity index (χ1n) is 7.15. The normalized spacial score (nSPS) is 12.3. The van der Waals surface area contributed by atoms with Crippen molar-refractivity contribution in [1.29, 1.82) is 0 Å². The van der Waals surface area contributed by atoms with Crippen LogP contribution in [0.5, 0.6) is 5.75 Å². The number of hydrogen-bond acceptors (Lipinski definition) is 3. The Kier molecular flexibility index (Phi) is 5.53. The number of ether oxygens (including phenoxy) is 1. The average molecular weight is 394 g/mol. The van der Waals surface area contributed by atoms with Gasteiger partial charge in [-0.05, 0) is 56.3 Å². The van der Waals surface area contributed by atoms with Crippen LogP contribution in [-0.2, 0) is 16.2 Å². The van der Waals surface area contributed by atoms with Crippen molar-refractivity contribution in [3.8, 4) is 5.75 Å². The molecule has 136 valence electrons. The first kappa shape index (κ1) is 19.4. The Balaban J connectivity index is 2.30. The molecule has 1 N–H and O–H groups in total. The maximum Gasteiger partial charge on any atom is 0.416 e. The summed E-state index contributed by atoms with van der Waals surface area (Å²) in [6.07, 6.45) is -4.69. The molecule has 2 rings (SSSR count). The lowest BCUT2D eigenvalue weighted by Crippen LogP contribution is -2.14. The van der Waals surface area contributed by atoms with E-state index in [1.165, 1.54) is 24.3 Å². The number of halogens is 4.